The molecule has 3 aliphatic heterocycles. The van der Waals surface area contributed by atoms with Gasteiger partial charge in [-0.25, -0.2) is 0 Å². The Kier molecular flexibility index (Phi) is 10.0. The van der Waals surface area contributed by atoms with Crippen molar-refractivity contribution < 1.29 is 0 Å². The van der Waals surface area contributed by atoms with Crippen molar-refractivity contribution in [3.8, 4) is 0 Å². The monoisotopic (exact) mass is 1020 g/mol. The van der Waals surface area contributed by atoms with E-state index in [-0.39, 0.29) is 44.7 Å². The molecule has 0 N–H and O–H groups in total. The van der Waals surface area contributed by atoms with Crippen LogP contribution in [0.4, 0.5) is 45.5 Å². The Morgan fingerprint density at radius 2 is 1.03 bits per heavy atom. The molecule has 0 amide bonds. The number of aryl methyl sites for hydroxylation is 1. The molecule has 0 bridgehead atoms. The average molecular weight is 1020 g/mol. The van der Waals surface area contributed by atoms with Gasteiger partial charge in [-0.3, -0.25) is 0 Å². The molecule has 1 aromatic heterocycles. The molecule has 0 saturated heterocycles. The first-order valence-corrected chi connectivity index (χ1v) is 29.8. The summed E-state index contributed by atoms with van der Waals surface area (Å²) in [5, 5.41) is 2.66. The second kappa shape index (κ2) is 15.7. The second-order valence-electron chi connectivity index (χ2n) is 28.7. The van der Waals surface area contributed by atoms with E-state index in [1.54, 1.807) is 0 Å². The quantitative estimate of drug-likeness (QED) is 0.163. The van der Waals surface area contributed by atoms with Crippen molar-refractivity contribution >= 4 is 100 Å². The lowest BCUT2D eigenvalue weighted by Gasteiger charge is -2.51. The van der Waals surface area contributed by atoms with Crippen LogP contribution in [0.25, 0.3) is 20.2 Å². The molecule has 2 unspecified atom stereocenters. The van der Waals surface area contributed by atoms with Gasteiger partial charge in [0, 0.05) is 71.1 Å². The van der Waals surface area contributed by atoms with Crippen LogP contribution in [-0.2, 0) is 32.5 Å². The lowest BCUT2D eigenvalue weighted by atomic mass is 9.33. The Morgan fingerprint density at radius 1 is 0.447 bits per heavy atom. The van der Waals surface area contributed by atoms with Crippen molar-refractivity contribution in [3.63, 3.8) is 0 Å². The number of fused-ring (bicyclic) bond motifs is 12. The van der Waals surface area contributed by atoms with Crippen molar-refractivity contribution in [1.29, 1.82) is 0 Å². The Bertz CT molecular complexity index is 3800. The molecule has 7 aromatic carbocycles. The number of hydrogen-bond acceptors (Lipinski definition) is 4. The normalized spacial score (nSPS) is 23.1. The largest absolute Gasteiger partial charge is 0.334 e. The SMILES string of the molecule is Cc1cc2c3c(c1)N(c1ccc4c(c1)C(C)(C)CCC4(C)C)c1cc4c(cc1B3c1ccc(N3c5ccc(C(C)(C)C)cc5C5(C)CCCCC35C)cc1N2c1ccc2sc3ccccc3c2c1)C(C)(C)CCC4(C)C. The number of anilines is 8. The second-order valence-corrected chi connectivity index (χ2v) is 29.8. The van der Waals surface area contributed by atoms with Crippen LogP contribution in [0.1, 0.15) is 180 Å². The smallest absolute Gasteiger partial charge is 0.252 e. The van der Waals surface area contributed by atoms with Crippen molar-refractivity contribution in [3.05, 3.63) is 160 Å². The van der Waals surface area contributed by atoms with Crippen LogP contribution in [0.5, 0.6) is 0 Å². The van der Waals surface area contributed by atoms with Gasteiger partial charge in [-0.15, -0.1) is 11.3 Å². The fraction of sp³-hybridized carbons (Fsp3) is 0.408. The summed E-state index contributed by atoms with van der Waals surface area (Å²) >= 11 is 1.91. The van der Waals surface area contributed by atoms with Crippen molar-refractivity contribution in [1.82, 2.24) is 0 Å². The van der Waals surface area contributed by atoms with E-state index in [1.807, 2.05) is 11.3 Å². The highest BCUT2D eigenvalue weighted by atomic mass is 32.1. The van der Waals surface area contributed by atoms with Crippen LogP contribution >= 0.6 is 11.3 Å². The molecule has 0 spiro atoms. The number of rotatable bonds is 3. The highest BCUT2D eigenvalue weighted by molar-refractivity contribution is 7.25. The van der Waals surface area contributed by atoms with E-state index >= 15 is 0 Å². The van der Waals surface area contributed by atoms with Crippen LogP contribution < -0.4 is 31.1 Å². The Balaban J connectivity index is 1.07. The summed E-state index contributed by atoms with van der Waals surface area (Å²) in [6.45, 7) is 34.6. The van der Waals surface area contributed by atoms with Crippen LogP contribution in [0, 0.1) is 6.92 Å². The van der Waals surface area contributed by atoms with Gasteiger partial charge in [0.05, 0.1) is 5.54 Å². The van der Waals surface area contributed by atoms with E-state index in [1.165, 1.54) is 166 Å². The summed E-state index contributed by atoms with van der Waals surface area (Å²) in [7, 11) is 0. The Hall–Kier alpha value is -5.78. The third-order valence-electron chi connectivity index (χ3n) is 21.1. The molecule has 6 aliphatic rings. The summed E-state index contributed by atoms with van der Waals surface area (Å²) < 4.78 is 2.68. The Morgan fingerprint density at radius 3 is 1.72 bits per heavy atom. The zero-order valence-corrected chi connectivity index (χ0v) is 48.8. The molecule has 8 aromatic rings. The van der Waals surface area contributed by atoms with Crippen molar-refractivity contribution in [2.45, 2.75) is 186 Å². The minimum Gasteiger partial charge on any atom is -0.334 e. The number of thiophene rings is 1. The molecule has 386 valence electrons. The number of hydrogen-bond donors (Lipinski definition) is 0. The first-order chi connectivity index (χ1) is 35.9. The van der Waals surface area contributed by atoms with Gasteiger partial charge in [0.25, 0.3) is 6.71 Å². The molecule has 3 nitrogen and oxygen atoms in total. The average Bonchev–Trinajstić information content (AvgIpc) is 3.86. The fourth-order valence-electron chi connectivity index (χ4n) is 16.0. The predicted octanol–water partition coefficient (Wildman–Crippen LogP) is 18.2. The first-order valence-electron chi connectivity index (χ1n) is 29.0. The molecule has 5 heteroatoms. The van der Waals surface area contributed by atoms with Gasteiger partial charge in [-0.2, -0.15) is 0 Å². The minimum atomic E-state index is -0.0813. The topological polar surface area (TPSA) is 9.72 Å². The summed E-state index contributed by atoms with van der Waals surface area (Å²) in [5.74, 6) is 0. The van der Waals surface area contributed by atoms with Gasteiger partial charge in [-0.05, 0) is 208 Å². The lowest BCUT2D eigenvalue weighted by molar-refractivity contribution is 0.195. The third-order valence-corrected chi connectivity index (χ3v) is 22.3. The molecule has 76 heavy (non-hydrogen) atoms. The van der Waals surface area contributed by atoms with Crippen LogP contribution in [0.3, 0.4) is 0 Å². The summed E-state index contributed by atoms with van der Waals surface area (Å²) in [5.41, 5.74) is 25.2. The van der Waals surface area contributed by atoms with Crippen molar-refractivity contribution in [2.75, 3.05) is 14.7 Å². The molecule has 14 rings (SSSR count). The number of nitrogens with zero attached hydrogens (tertiary/aromatic N) is 3. The van der Waals surface area contributed by atoms with Gasteiger partial charge in [0.15, 0.2) is 0 Å². The lowest BCUT2D eigenvalue weighted by Crippen LogP contribution is -2.62. The van der Waals surface area contributed by atoms with Gasteiger partial charge in [-0.1, -0.05) is 144 Å². The Labute approximate surface area is 458 Å². The summed E-state index contributed by atoms with van der Waals surface area (Å²) in [6.07, 6.45) is 9.62. The molecular weight excluding hydrogens is 938 g/mol. The molecule has 0 radical (unpaired) electrons. The van der Waals surface area contributed by atoms with E-state index in [4.69, 9.17) is 0 Å². The van der Waals surface area contributed by atoms with E-state index < -0.39 is 0 Å². The van der Waals surface area contributed by atoms with E-state index in [0.717, 1.165) is 6.42 Å². The van der Waals surface area contributed by atoms with Crippen LogP contribution in [0.15, 0.2) is 121 Å². The molecule has 2 atom stereocenters. The van der Waals surface area contributed by atoms with Gasteiger partial charge >= 0.3 is 0 Å². The maximum absolute atomic E-state index is 2.82. The summed E-state index contributed by atoms with van der Waals surface area (Å²) in [6, 6.07) is 49.7. The predicted molar refractivity (Wildman–Crippen MR) is 330 cm³/mol. The fourth-order valence-corrected chi connectivity index (χ4v) is 17.1. The minimum absolute atomic E-state index is 0.0220. The zero-order chi connectivity index (χ0) is 53.0. The maximum atomic E-state index is 2.82. The van der Waals surface area contributed by atoms with Gasteiger partial charge < -0.3 is 14.7 Å². The molecular formula is C71H78BN3S. The molecule has 1 fully saturated rings. The van der Waals surface area contributed by atoms with E-state index in [9.17, 15) is 0 Å². The summed E-state index contributed by atoms with van der Waals surface area (Å²) in [4.78, 5) is 8.23. The third kappa shape index (κ3) is 6.66. The number of benzene rings is 7. The molecule has 3 aliphatic carbocycles. The van der Waals surface area contributed by atoms with Gasteiger partial charge in [0.2, 0.25) is 0 Å². The van der Waals surface area contributed by atoms with Crippen molar-refractivity contribution in [2.24, 2.45) is 0 Å². The molecule has 1 saturated carbocycles. The van der Waals surface area contributed by atoms with E-state index in [2.05, 4.69) is 233 Å². The van der Waals surface area contributed by atoms with Gasteiger partial charge in [0.1, 0.15) is 0 Å². The molecule has 4 heterocycles. The first kappa shape index (κ1) is 48.6. The maximum Gasteiger partial charge on any atom is 0.252 e. The van der Waals surface area contributed by atoms with E-state index in [0.29, 0.717) is 0 Å². The standard InChI is InChI=1S/C71H78BN3S/c1-43-35-60-64-61(36-43)74(46-22-25-50-51(39-46)67(7,8)32-31-66(50,5)6)59-42-53-52(68(9,10)33-34-69(53,11)12)41-56(59)72(64)55-26-23-47(40-58(55)73(60)45-24-28-63-49(38-45)48-19-15-16-20-62(48)76-63)75-57-27-21-44(65(2,3)4)37-54(57)70(13)29-17-18-30-71(70,75)14/h15-16,19-28,35-42H,17-18,29-34H2,1-14H3. The van der Waals surface area contributed by atoms with Crippen LogP contribution in [0.2, 0.25) is 0 Å². The highest BCUT2D eigenvalue weighted by Gasteiger charge is 2.58. The zero-order valence-electron chi connectivity index (χ0n) is 48.0. The van der Waals surface area contributed by atoms with Crippen LogP contribution in [-0.4, -0.2) is 12.3 Å². The highest BCUT2D eigenvalue weighted by Crippen LogP contribution is 2.62.